The van der Waals surface area contributed by atoms with Gasteiger partial charge in [-0.05, 0) is 31.2 Å². The summed E-state index contributed by atoms with van der Waals surface area (Å²) in [6.45, 7) is 2.00. The number of esters is 1. The fourth-order valence-corrected chi connectivity index (χ4v) is 4.24. The molecular weight excluding hydrogens is 458 g/mol. The summed E-state index contributed by atoms with van der Waals surface area (Å²) in [6.07, 6.45) is 0.636. The van der Waals surface area contributed by atoms with Crippen molar-refractivity contribution in [2.24, 2.45) is 0 Å². The number of aliphatic carboxylic acids is 2. The highest BCUT2D eigenvalue weighted by atomic mass is 32.2. The first kappa shape index (κ1) is 23.2. The SMILES string of the molecule is CCOC(=O)c1ccc(-c2ccc(/C=C3/SC(=S)N([C@H](CC(=O)O)C(=O)O)C3=O)o2)cc1. The highest BCUT2D eigenvalue weighted by molar-refractivity contribution is 8.26. The van der Waals surface area contributed by atoms with Crippen molar-refractivity contribution < 1.29 is 38.5 Å². The van der Waals surface area contributed by atoms with Gasteiger partial charge in [-0.1, -0.05) is 36.1 Å². The van der Waals surface area contributed by atoms with E-state index in [0.717, 1.165) is 16.7 Å². The minimum absolute atomic E-state index is 0.0452. The number of carboxylic acid groups (broad SMARTS) is 2. The van der Waals surface area contributed by atoms with Crippen LogP contribution in [0, 0.1) is 0 Å². The number of thiocarbonyl (C=S) groups is 1. The molecule has 2 aromatic rings. The molecule has 2 N–H and O–H groups in total. The summed E-state index contributed by atoms with van der Waals surface area (Å²) in [4.78, 5) is 47.8. The van der Waals surface area contributed by atoms with E-state index in [0.29, 0.717) is 22.6 Å². The number of rotatable bonds is 8. The van der Waals surface area contributed by atoms with E-state index >= 15 is 0 Å². The van der Waals surface area contributed by atoms with Gasteiger partial charge in [0.05, 0.1) is 23.5 Å². The van der Waals surface area contributed by atoms with E-state index in [4.69, 9.17) is 26.5 Å². The molecule has 32 heavy (non-hydrogen) atoms. The number of amides is 1. The normalized spacial score (nSPS) is 15.8. The first-order valence-corrected chi connectivity index (χ1v) is 10.5. The van der Waals surface area contributed by atoms with Crippen LogP contribution < -0.4 is 0 Å². The molecule has 1 aliphatic rings. The lowest BCUT2D eigenvalue weighted by Gasteiger charge is -2.21. The Morgan fingerprint density at radius 2 is 1.88 bits per heavy atom. The van der Waals surface area contributed by atoms with Crippen molar-refractivity contribution in [3.05, 3.63) is 52.6 Å². The molecule has 0 radical (unpaired) electrons. The molecule has 11 heteroatoms. The molecule has 0 saturated carbocycles. The number of carboxylic acids is 2. The average Bonchev–Trinajstić information content (AvgIpc) is 3.31. The van der Waals surface area contributed by atoms with E-state index in [-0.39, 0.29) is 15.8 Å². The second-order valence-electron chi connectivity index (χ2n) is 6.50. The van der Waals surface area contributed by atoms with Gasteiger partial charge in [0.1, 0.15) is 21.9 Å². The van der Waals surface area contributed by atoms with Gasteiger partial charge in [0.15, 0.2) is 0 Å². The minimum atomic E-state index is -1.60. The maximum absolute atomic E-state index is 12.7. The Kier molecular flexibility index (Phi) is 7.11. The van der Waals surface area contributed by atoms with E-state index in [1.807, 2.05) is 0 Å². The standard InChI is InChI=1S/C21H17NO8S2/c1-2-29-20(28)12-5-3-11(4-6-12)15-8-7-13(30-15)9-16-18(25)22(21(31)32-16)14(19(26)27)10-17(23)24/h3-9,14H,2,10H2,1H3,(H,23,24)(H,26,27)/b16-9+/t14-/m1/s1. The number of ether oxygens (including phenoxy) is 1. The Hall–Kier alpha value is -3.44. The van der Waals surface area contributed by atoms with Crippen LogP contribution in [0.5, 0.6) is 0 Å². The monoisotopic (exact) mass is 475 g/mol. The quantitative estimate of drug-likeness (QED) is 0.333. The van der Waals surface area contributed by atoms with Crippen molar-refractivity contribution in [3.63, 3.8) is 0 Å². The highest BCUT2D eigenvalue weighted by Crippen LogP contribution is 2.35. The molecule has 1 aliphatic heterocycles. The lowest BCUT2D eigenvalue weighted by molar-refractivity contribution is -0.150. The fourth-order valence-electron chi connectivity index (χ4n) is 2.90. The third-order valence-electron chi connectivity index (χ3n) is 4.37. The summed E-state index contributed by atoms with van der Waals surface area (Å²) in [5.41, 5.74) is 1.10. The van der Waals surface area contributed by atoms with Crippen LogP contribution in [0.3, 0.4) is 0 Å². The van der Waals surface area contributed by atoms with Gasteiger partial charge in [0.25, 0.3) is 5.91 Å². The van der Waals surface area contributed by atoms with Gasteiger partial charge in [-0.25, -0.2) is 9.59 Å². The highest BCUT2D eigenvalue weighted by Gasteiger charge is 2.41. The zero-order chi connectivity index (χ0) is 23.4. The van der Waals surface area contributed by atoms with Crippen molar-refractivity contribution in [2.45, 2.75) is 19.4 Å². The van der Waals surface area contributed by atoms with Crippen LogP contribution in [-0.4, -0.2) is 55.9 Å². The molecule has 2 heterocycles. The number of thioether (sulfide) groups is 1. The molecular formula is C21H17NO8S2. The van der Waals surface area contributed by atoms with Crippen LogP contribution in [0.4, 0.5) is 0 Å². The number of carbonyl (C=O) groups is 4. The Morgan fingerprint density at radius 3 is 2.47 bits per heavy atom. The second-order valence-corrected chi connectivity index (χ2v) is 8.18. The van der Waals surface area contributed by atoms with Gasteiger partial charge in [0.2, 0.25) is 0 Å². The molecule has 1 atom stereocenters. The molecule has 0 unspecified atom stereocenters. The average molecular weight is 476 g/mol. The predicted molar refractivity (Wildman–Crippen MR) is 119 cm³/mol. The zero-order valence-corrected chi connectivity index (χ0v) is 18.3. The number of hydrogen-bond acceptors (Lipinski definition) is 8. The predicted octanol–water partition coefficient (Wildman–Crippen LogP) is 3.25. The number of furan rings is 1. The van der Waals surface area contributed by atoms with Gasteiger partial charge in [-0.2, -0.15) is 0 Å². The molecule has 1 fully saturated rings. The van der Waals surface area contributed by atoms with E-state index in [1.54, 1.807) is 43.3 Å². The third-order valence-corrected chi connectivity index (χ3v) is 5.70. The summed E-state index contributed by atoms with van der Waals surface area (Å²) in [6, 6.07) is 8.29. The van der Waals surface area contributed by atoms with Gasteiger partial charge in [-0.3, -0.25) is 14.5 Å². The molecule has 1 aromatic carbocycles. The van der Waals surface area contributed by atoms with Crippen LogP contribution >= 0.6 is 24.0 Å². The first-order chi connectivity index (χ1) is 15.2. The van der Waals surface area contributed by atoms with Crippen molar-refractivity contribution >= 4 is 58.2 Å². The van der Waals surface area contributed by atoms with E-state index in [9.17, 15) is 24.3 Å². The van der Waals surface area contributed by atoms with E-state index < -0.39 is 36.3 Å². The molecule has 0 spiro atoms. The van der Waals surface area contributed by atoms with Crippen LogP contribution in [0.15, 0.2) is 45.7 Å². The molecule has 0 aliphatic carbocycles. The number of carbonyl (C=O) groups excluding carboxylic acids is 2. The maximum Gasteiger partial charge on any atom is 0.338 e. The maximum atomic E-state index is 12.7. The molecule has 3 rings (SSSR count). The molecule has 1 aromatic heterocycles. The lowest BCUT2D eigenvalue weighted by atomic mass is 10.1. The number of benzene rings is 1. The Bertz CT molecular complexity index is 1120. The lowest BCUT2D eigenvalue weighted by Crippen LogP contribution is -2.45. The topological polar surface area (TPSA) is 134 Å². The molecule has 1 amide bonds. The van der Waals surface area contributed by atoms with Crippen LogP contribution in [0.2, 0.25) is 0 Å². The summed E-state index contributed by atoms with van der Waals surface area (Å²) in [7, 11) is 0. The van der Waals surface area contributed by atoms with Crippen molar-refractivity contribution in [1.29, 1.82) is 0 Å². The number of nitrogens with zero attached hydrogens (tertiary/aromatic N) is 1. The number of hydrogen-bond donors (Lipinski definition) is 2. The fraction of sp³-hybridized carbons (Fsp3) is 0.190. The zero-order valence-electron chi connectivity index (χ0n) is 16.6. The molecule has 1 saturated heterocycles. The van der Waals surface area contributed by atoms with Gasteiger partial charge < -0.3 is 19.4 Å². The van der Waals surface area contributed by atoms with Gasteiger partial charge >= 0.3 is 17.9 Å². The molecule has 0 bridgehead atoms. The Labute approximate surface area is 191 Å². The van der Waals surface area contributed by atoms with Gasteiger partial charge in [-0.15, -0.1) is 0 Å². The van der Waals surface area contributed by atoms with E-state index in [2.05, 4.69) is 0 Å². The molecule has 9 nitrogen and oxygen atoms in total. The second kappa shape index (κ2) is 9.79. The van der Waals surface area contributed by atoms with Crippen LogP contribution in [0.25, 0.3) is 17.4 Å². The smallest absolute Gasteiger partial charge is 0.338 e. The van der Waals surface area contributed by atoms with Gasteiger partial charge in [0, 0.05) is 11.6 Å². The minimum Gasteiger partial charge on any atom is -0.481 e. The summed E-state index contributed by atoms with van der Waals surface area (Å²) in [5, 5.41) is 18.3. The van der Waals surface area contributed by atoms with Crippen molar-refractivity contribution in [2.75, 3.05) is 6.61 Å². The third kappa shape index (κ3) is 5.06. The largest absolute Gasteiger partial charge is 0.481 e. The van der Waals surface area contributed by atoms with Crippen LogP contribution in [-0.2, 0) is 19.1 Å². The summed E-state index contributed by atoms with van der Waals surface area (Å²) >= 11 is 5.96. The summed E-state index contributed by atoms with van der Waals surface area (Å²) in [5.74, 6) is -3.15. The van der Waals surface area contributed by atoms with Crippen molar-refractivity contribution in [3.8, 4) is 11.3 Å². The summed E-state index contributed by atoms with van der Waals surface area (Å²) < 4.78 is 10.6. The first-order valence-electron chi connectivity index (χ1n) is 9.30. The molecule has 166 valence electrons. The van der Waals surface area contributed by atoms with E-state index in [1.165, 1.54) is 6.08 Å². The Morgan fingerprint density at radius 1 is 1.19 bits per heavy atom. The Balaban J connectivity index is 1.79. The van der Waals surface area contributed by atoms with Crippen molar-refractivity contribution in [1.82, 2.24) is 4.90 Å². The van der Waals surface area contributed by atoms with Crippen LogP contribution in [0.1, 0.15) is 29.5 Å².